The van der Waals surface area contributed by atoms with Crippen molar-refractivity contribution in [1.82, 2.24) is 14.9 Å². The Morgan fingerprint density at radius 2 is 2.05 bits per heavy atom. The minimum atomic E-state index is 0.0950. The highest BCUT2D eigenvalue weighted by Gasteiger charge is 2.10. The van der Waals surface area contributed by atoms with E-state index in [0.717, 1.165) is 36.2 Å². The molecule has 19 heavy (non-hydrogen) atoms. The summed E-state index contributed by atoms with van der Waals surface area (Å²) in [6, 6.07) is 8.11. The predicted molar refractivity (Wildman–Crippen MR) is 76.8 cm³/mol. The van der Waals surface area contributed by atoms with Crippen molar-refractivity contribution in [2.75, 3.05) is 0 Å². The van der Waals surface area contributed by atoms with Crippen LogP contribution in [0.2, 0.25) is 0 Å². The van der Waals surface area contributed by atoms with Gasteiger partial charge in [-0.15, -0.1) is 0 Å². The molecular weight excluding hydrogens is 238 g/mol. The van der Waals surface area contributed by atoms with Crippen LogP contribution in [0.15, 0.2) is 24.3 Å². The van der Waals surface area contributed by atoms with Crippen molar-refractivity contribution in [1.29, 1.82) is 0 Å². The summed E-state index contributed by atoms with van der Waals surface area (Å²) in [6.07, 6.45) is 2.50. The molecule has 0 aliphatic carbocycles. The third-order valence-electron chi connectivity index (χ3n) is 3.10. The molecule has 0 spiro atoms. The Hall–Kier alpha value is -1.84. The summed E-state index contributed by atoms with van der Waals surface area (Å²) in [4.78, 5) is 16.2. The number of amides is 1. The lowest BCUT2D eigenvalue weighted by molar-refractivity contribution is -0.121. The minimum Gasteiger partial charge on any atom is -0.349 e. The molecule has 0 aliphatic rings. The van der Waals surface area contributed by atoms with Gasteiger partial charge in [0.1, 0.15) is 5.82 Å². The Balaban J connectivity index is 2.21. The molecule has 102 valence electrons. The molecule has 0 aliphatic heterocycles. The van der Waals surface area contributed by atoms with Crippen LogP contribution >= 0.6 is 0 Å². The van der Waals surface area contributed by atoms with E-state index < -0.39 is 0 Å². The number of carbonyl (C=O) groups is 1. The normalized spacial score (nSPS) is 10.8. The molecule has 2 aromatic rings. The summed E-state index contributed by atoms with van der Waals surface area (Å²) in [5.41, 5.74) is 2.14. The Bertz CT molecular complexity index is 560. The molecule has 2 rings (SSSR count). The monoisotopic (exact) mass is 259 g/mol. The number of aryl methyl sites for hydroxylation is 1. The van der Waals surface area contributed by atoms with Crippen LogP contribution in [0.1, 0.15) is 38.9 Å². The molecule has 0 saturated carbocycles. The van der Waals surface area contributed by atoms with E-state index in [0.29, 0.717) is 13.0 Å². The van der Waals surface area contributed by atoms with E-state index >= 15 is 0 Å². The molecule has 0 atom stereocenters. The number of aromatic nitrogens is 2. The molecule has 1 N–H and O–H groups in total. The maximum atomic E-state index is 11.6. The van der Waals surface area contributed by atoms with Gasteiger partial charge in [0.15, 0.2) is 0 Å². The second-order valence-electron chi connectivity index (χ2n) is 4.70. The summed E-state index contributed by atoms with van der Waals surface area (Å²) in [5.74, 6) is 1.03. The molecule has 0 saturated heterocycles. The molecule has 1 amide bonds. The smallest absolute Gasteiger partial charge is 0.220 e. The first-order valence-corrected chi connectivity index (χ1v) is 6.97. The number of para-hydroxylation sites is 2. The van der Waals surface area contributed by atoms with Crippen LogP contribution in [0.4, 0.5) is 0 Å². The van der Waals surface area contributed by atoms with E-state index in [1.54, 1.807) is 0 Å². The van der Waals surface area contributed by atoms with Gasteiger partial charge in [0.05, 0.1) is 17.6 Å². The largest absolute Gasteiger partial charge is 0.349 e. The fourth-order valence-electron chi connectivity index (χ4n) is 2.23. The molecule has 1 aromatic heterocycles. The van der Waals surface area contributed by atoms with Crippen molar-refractivity contribution in [3.63, 3.8) is 0 Å². The van der Waals surface area contributed by atoms with E-state index in [1.165, 1.54) is 0 Å². The average molecular weight is 259 g/mol. The van der Waals surface area contributed by atoms with Crippen molar-refractivity contribution in [2.45, 2.75) is 46.2 Å². The van der Waals surface area contributed by atoms with E-state index in [-0.39, 0.29) is 5.91 Å². The summed E-state index contributed by atoms with van der Waals surface area (Å²) < 4.78 is 2.20. The number of hydrogen-bond acceptors (Lipinski definition) is 2. The van der Waals surface area contributed by atoms with Gasteiger partial charge in [0.2, 0.25) is 5.91 Å². The van der Waals surface area contributed by atoms with Crippen LogP contribution in [0.5, 0.6) is 0 Å². The van der Waals surface area contributed by atoms with Crippen LogP contribution < -0.4 is 5.32 Å². The lowest BCUT2D eigenvalue weighted by atomic mass is 10.3. The van der Waals surface area contributed by atoms with Crippen LogP contribution in [0.3, 0.4) is 0 Å². The number of fused-ring (bicyclic) bond motifs is 1. The average Bonchev–Trinajstić information content (AvgIpc) is 2.76. The standard InChI is InChI=1S/C15H21N3O/c1-3-7-15(19)16-11-14-17-12-8-5-6-9-13(12)18(14)10-4-2/h5-6,8-9H,3-4,7,10-11H2,1-2H3,(H,16,19). The number of nitrogens with one attached hydrogen (secondary N) is 1. The van der Waals surface area contributed by atoms with Crippen molar-refractivity contribution in [3.8, 4) is 0 Å². The van der Waals surface area contributed by atoms with Crippen LogP contribution in [0, 0.1) is 0 Å². The first-order valence-electron chi connectivity index (χ1n) is 6.97. The van der Waals surface area contributed by atoms with Crippen molar-refractivity contribution >= 4 is 16.9 Å². The van der Waals surface area contributed by atoms with Gasteiger partial charge < -0.3 is 9.88 Å². The molecule has 1 heterocycles. The SMILES string of the molecule is CCCC(=O)NCc1nc2ccccc2n1CCC. The maximum absolute atomic E-state index is 11.6. The topological polar surface area (TPSA) is 46.9 Å². The van der Waals surface area contributed by atoms with Gasteiger partial charge in [0.25, 0.3) is 0 Å². The quantitative estimate of drug-likeness (QED) is 0.867. The summed E-state index contributed by atoms with van der Waals surface area (Å²) >= 11 is 0. The highest BCUT2D eigenvalue weighted by Crippen LogP contribution is 2.16. The third kappa shape index (κ3) is 3.13. The molecule has 0 unspecified atom stereocenters. The van der Waals surface area contributed by atoms with Crippen LogP contribution in [-0.2, 0) is 17.9 Å². The second kappa shape index (κ2) is 6.36. The molecular formula is C15H21N3O. The molecule has 0 radical (unpaired) electrons. The number of imidazole rings is 1. The van der Waals surface area contributed by atoms with E-state index in [4.69, 9.17) is 0 Å². The lowest BCUT2D eigenvalue weighted by Crippen LogP contribution is -2.24. The van der Waals surface area contributed by atoms with Gasteiger partial charge in [0, 0.05) is 13.0 Å². The van der Waals surface area contributed by atoms with Gasteiger partial charge in [-0.05, 0) is 25.0 Å². The Labute approximate surface area is 113 Å². The van der Waals surface area contributed by atoms with Crippen molar-refractivity contribution in [3.05, 3.63) is 30.1 Å². The maximum Gasteiger partial charge on any atom is 0.220 e. The second-order valence-corrected chi connectivity index (χ2v) is 4.70. The van der Waals surface area contributed by atoms with Gasteiger partial charge in [-0.25, -0.2) is 4.98 Å². The molecule has 4 heteroatoms. The van der Waals surface area contributed by atoms with Gasteiger partial charge in [-0.1, -0.05) is 26.0 Å². The zero-order valence-corrected chi connectivity index (χ0v) is 11.6. The van der Waals surface area contributed by atoms with Gasteiger partial charge in [-0.2, -0.15) is 0 Å². The summed E-state index contributed by atoms with van der Waals surface area (Å²) in [6.45, 7) is 5.59. The highest BCUT2D eigenvalue weighted by molar-refractivity contribution is 5.77. The molecule has 1 aromatic carbocycles. The zero-order chi connectivity index (χ0) is 13.7. The summed E-state index contributed by atoms with van der Waals surface area (Å²) in [5, 5.41) is 2.94. The van der Waals surface area contributed by atoms with E-state index in [9.17, 15) is 4.79 Å². The zero-order valence-electron chi connectivity index (χ0n) is 11.6. The number of benzene rings is 1. The number of carbonyl (C=O) groups excluding carboxylic acids is 1. The molecule has 0 bridgehead atoms. The first kappa shape index (κ1) is 13.6. The van der Waals surface area contributed by atoms with Gasteiger partial charge in [-0.3, -0.25) is 4.79 Å². The minimum absolute atomic E-state index is 0.0950. The number of rotatable bonds is 6. The van der Waals surface area contributed by atoms with Gasteiger partial charge >= 0.3 is 0 Å². The fourth-order valence-corrected chi connectivity index (χ4v) is 2.23. The van der Waals surface area contributed by atoms with Crippen molar-refractivity contribution in [2.24, 2.45) is 0 Å². The molecule has 0 fully saturated rings. The van der Waals surface area contributed by atoms with E-state index in [1.807, 2.05) is 25.1 Å². The number of nitrogens with zero attached hydrogens (tertiary/aromatic N) is 2. The van der Waals surface area contributed by atoms with Crippen LogP contribution in [0.25, 0.3) is 11.0 Å². The highest BCUT2D eigenvalue weighted by atomic mass is 16.1. The fraction of sp³-hybridized carbons (Fsp3) is 0.467. The number of hydrogen-bond donors (Lipinski definition) is 1. The summed E-state index contributed by atoms with van der Waals surface area (Å²) in [7, 11) is 0. The predicted octanol–water partition coefficient (Wildman–Crippen LogP) is 2.86. The Morgan fingerprint density at radius 3 is 2.79 bits per heavy atom. The van der Waals surface area contributed by atoms with E-state index in [2.05, 4.69) is 27.9 Å². The first-order chi connectivity index (χ1) is 9.26. The molecule has 4 nitrogen and oxygen atoms in total. The third-order valence-corrected chi connectivity index (χ3v) is 3.10. The Kier molecular flexibility index (Phi) is 4.55. The van der Waals surface area contributed by atoms with Crippen molar-refractivity contribution < 1.29 is 4.79 Å². The lowest BCUT2D eigenvalue weighted by Gasteiger charge is -2.08. The Morgan fingerprint density at radius 1 is 1.26 bits per heavy atom. The van der Waals surface area contributed by atoms with Crippen LogP contribution in [-0.4, -0.2) is 15.5 Å².